The van der Waals surface area contributed by atoms with E-state index in [2.05, 4.69) is 22.1 Å². The SMILES string of the molecule is CNCC#Cc1cccnc1[N+](=O)[O-]. The first-order chi connectivity index (χ1) is 6.75. The molecule has 0 saturated carbocycles. The number of nitro groups is 1. The van der Waals surface area contributed by atoms with E-state index < -0.39 is 4.92 Å². The Balaban J connectivity index is 2.97. The van der Waals surface area contributed by atoms with Crippen molar-refractivity contribution < 1.29 is 4.92 Å². The quantitative estimate of drug-likeness (QED) is 0.421. The molecule has 0 spiro atoms. The van der Waals surface area contributed by atoms with E-state index in [1.54, 1.807) is 19.2 Å². The van der Waals surface area contributed by atoms with Crippen molar-refractivity contribution in [1.29, 1.82) is 0 Å². The van der Waals surface area contributed by atoms with Crippen molar-refractivity contribution >= 4 is 5.82 Å². The van der Waals surface area contributed by atoms with Gasteiger partial charge < -0.3 is 15.4 Å². The van der Waals surface area contributed by atoms with E-state index in [0.717, 1.165) is 0 Å². The van der Waals surface area contributed by atoms with Crippen molar-refractivity contribution in [3.63, 3.8) is 0 Å². The van der Waals surface area contributed by atoms with Gasteiger partial charge in [0.05, 0.1) is 6.54 Å². The lowest BCUT2D eigenvalue weighted by Gasteiger charge is -1.93. The van der Waals surface area contributed by atoms with Crippen LogP contribution in [0.15, 0.2) is 18.3 Å². The molecule has 0 fully saturated rings. The van der Waals surface area contributed by atoms with Gasteiger partial charge in [0.1, 0.15) is 11.8 Å². The van der Waals surface area contributed by atoms with Gasteiger partial charge in [-0.15, -0.1) is 0 Å². The van der Waals surface area contributed by atoms with Gasteiger partial charge in [-0.05, 0) is 29.1 Å². The number of rotatable bonds is 2. The van der Waals surface area contributed by atoms with Crippen molar-refractivity contribution in [1.82, 2.24) is 10.3 Å². The van der Waals surface area contributed by atoms with Crippen LogP contribution >= 0.6 is 0 Å². The molecule has 0 bridgehead atoms. The Labute approximate surface area is 81.3 Å². The molecule has 0 aromatic carbocycles. The molecule has 1 aromatic rings. The maximum atomic E-state index is 10.5. The zero-order valence-electron chi connectivity index (χ0n) is 7.65. The van der Waals surface area contributed by atoms with Gasteiger partial charge in [0.15, 0.2) is 0 Å². The van der Waals surface area contributed by atoms with Crippen LogP contribution in [0.1, 0.15) is 5.56 Å². The lowest BCUT2D eigenvalue weighted by atomic mass is 10.2. The minimum Gasteiger partial charge on any atom is -0.358 e. The summed E-state index contributed by atoms with van der Waals surface area (Å²) < 4.78 is 0. The van der Waals surface area contributed by atoms with Crippen molar-refractivity contribution in [2.24, 2.45) is 0 Å². The molecule has 14 heavy (non-hydrogen) atoms. The molecule has 0 saturated heterocycles. The molecule has 1 heterocycles. The van der Waals surface area contributed by atoms with Crippen molar-refractivity contribution in [3.8, 4) is 11.8 Å². The lowest BCUT2D eigenvalue weighted by Crippen LogP contribution is -2.04. The van der Waals surface area contributed by atoms with Gasteiger partial charge in [0.2, 0.25) is 0 Å². The normalized spacial score (nSPS) is 8.93. The first-order valence-corrected chi connectivity index (χ1v) is 3.98. The third kappa shape index (κ3) is 2.54. The fraction of sp³-hybridized carbons (Fsp3) is 0.222. The largest absolute Gasteiger partial charge is 0.379 e. The highest BCUT2D eigenvalue weighted by Crippen LogP contribution is 2.11. The Morgan fingerprint density at radius 3 is 3.14 bits per heavy atom. The summed E-state index contributed by atoms with van der Waals surface area (Å²) in [7, 11) is 1.76. The Kier molecular flexibility index (Phi) is 3.58. The topological polar surface area (TPSA) is 68.1 Å². The molecule has 0 radical (unpaired) electrons. The average Bonchev–Trinajstić information content (AvgIpc) is 2.19. The van der Waals surface area contributed by atoms with Gasteiger partial charge in [0.25, 0.3) is 0 Å². The summed E-state index contributed by atoms with van der Waals surface area (Å²) in [5, 5.41) is 13.3. The molecule has 1 N–H and O–H groups in total. The zero-order chi connectivity index (χ0) is 10.4. The standard InChI is InChI=1S/C9H9N3O2/c1-10-6-2-4-8-5-3-7-11-9(8)12(13)14/h3,5,7,10H,6H2,1H3. The summed E-state index contributed by atoms with van der Waals surface area (Å²) >= 11 is 0. The van der Waals surface area contributed by atoms with E-state index in [9.17, 15) is 10.1 Å². The average molecular weight is 191 g/mol. The second-order valence-corrected chi connectivity index (χ2v) is 2.46. The van der Waals surface area contributed by atoms with E-state index in [-0.39, 0.29) is 5.82 Å². The second kappa shape index (κ2) is 4.94. The summed E-state index contributed by atoms with van der Waals surface area (Å²) in [6, 6.07) is 3.20. The molecule has 5 heteroatoms. The van der Waals surface area contributed by atoms with Crippen LogP contribution in [0.3, 0.4) is 0 Å². The molecule has 1 rings (SSSR count). The van der Waals surface area contributed by atoms with Crippen LogP contribution in [-0.2, 0) is 0 Å². The van der Waals surface area contributed by atoms with Gasteiger partial charge in [-0.25, -0.2) is 0 Å². The molecular formula is C9H9N3O2. The predicted octanol–water partition coefficient (Wildman–Crippen LogP) is 0.561. The van der Waals surface area contributed by atoms with Crippen molar-refractivity contribution in [2.75, 3.05) is 13.6 Å². The molecule has 0 aliphatic rings. The molecule has 0 unspecified atom stereocenters. The van der Waals surface area contributed by atoms with Crippen molar-refractivity contribution in [2.45, 2.75) is 0 Å². The highest BCUT2D eigenvalue weighted by molar-refractivity contribution is 5.45. The van der Waals surface area contributed by atoms with E-state index in [4.69, 9.17) is 0 Å². The predicted molar refractivity (Wildman–Crippen MR) is 51.7 cm³/mol. The summed E-state index contributed by atoms with van der Waals surface area (Å²) in [4.78, 5) is 13.6. The molecule has 0 amide bonds. The third-order valence-electron chi connectivity index (χ3n) is 1.45. The molecule has 72 valence electrons. The van der Waals surface area contributed by atoms with Crippen LogP contribution in [0, 0.1) is 22.0 Å². The van der Waals surface area contributed by atoms with Crippen LogP contribution in [0.2, 0.25) is 0 Å². The van der Waals surface area contributed by atoms with Crippen LogP contribution < -0.4 is 5.32 Å². The van der Waals surface area contributed by atoms with Crippen LogP contribution in [0.25, 0.3) is 0 Å². The molecule has 5 nitrogen and oxygen atoms in total. The van der Waals surface area contributed by atoms with Gasteiger partial charge in [0, 0.05) is 0 Å². The Morgan fingerprint density at radius 2 is 2.50 bits per heavy atom. The number of hydrogen-bond donors (Lipinski definition) is 1. The number of nitrogens with zero attached hydrogens (tertiary/aromatic N) is 2. The molecule has 0 aliphatic carbocycles. The minimum atomic E-state index is -0.538. The number of aromatic nitrogens is 1. The first kappa shape index (κ1) is 10.2. The summed E-state index contributed by atoms with van der Waals surface area (Å²) in [6.45, 7) is 0.492. The van der Waals surface area contributed by atoms with Gasteiger partial charge in [-0.1, -0.05) is 11.8 Å². The highest BCUT2D eigenvalue weighted by Gasteiger charge is 2.10. The minimum absolute atomic E-state index is 0.198. The smallest absolute Gasteiger partial charge is 0.358 e. The van der Waals surface area contributed by atoms with E-state index in [1.165, 1.54) is 6.20 Å². The summed E-state index contributed by atoms with van der Waals surface area (Å²) in [5.41, 5.74) is 0.341. The van der Waals surface area contributed by atoms with Gasteiger partial charge >= 0.3 is 5.82 Å². The maximum absolute atomic E-state index is 10.5. The highest BCUT2D eigenvalue weighted by atomic mass is 16.6. The zero-order valence-corrected chi connectivity index (χ0v) is 7.65. The maximum Gasteiger partial charge on any atom is 0.379 e. The summed E-state index contributed by atoms with van der Waals surface area (Å²) in [5.74, 6) is 5.22. The van der Waals surface area contributed by atoms with E-state index >= 15 is 0 Å². The first-order valence-electron chi connectivity index (χ1n) is 3.98. The van der Waals surface area contributed by atoms with Crippen molar-refractivity contribution in [3.05, 3.63) is 34.0 Å². The monoisotopic (exact) mass is 191 g/mol. The Hall–Kier alpha value is -1.93. The van der Waals surface area contributed by atoms with Gasteiger partial charge in [-0.2, -0.15) is 0 Å². The van der Waals surface area contributed by atoms with Gasteiger partial charge in [-0.3, -0.25) is 0 Å². The lowest BCUT2D eigenvalue weighted by molar-refractivity contribution is -0.389. The van der Waals surface area contributed by atoms with Crippen LogP contribution in [0.4, 0.5) is 5.82 Å². The summed E-state index contributed by atoms with van der Waals surface area (Å²) in [6.07, 6.45) is 1.38. The van der Waals surface area contributed by atoms with Crippen LogP contribution in [-0.4, -0.2) is 23.5 Å². The van der Waals surface area contributed by atoms with Crippen LogP contribution in [0.5, 0.6) is 0 Å². The molecule has 1 aromatic heterocycles. The molecule has 0 aliphatic heterocycles. The second-order valence-electron chi connectivity index (χ2n) is 2.46. The number of hydrogen-bond acceptors (Lipinski definition) is 4. The Bertz CT molecular complexity index is 393. The van der Waals surface area contributed by atoms with E-state index in [0.29, 0.717) is 12.1 Å². The molecule has 0 atom stereocenters. The third-order valence-corrected chi connectivity index (χ3v) is 1.45. The Morgan fingerprint density at radius 1 is 1.71 bits per heavy atom. The fourth-order valence-corrected chi connectivity index (χ4v) is 0.868. The van der Waals surface area contributed by atoms with E-state index in [1.807, 2.05) is 0 Å². The number of nitrogens with one attached hydrogen (secondary N) is 1. The fourth-order valence-electron chi connectivity index (χ4n) is 0.868. The number of pyridine rings is 1. The molecular weight excluding hydrogens is 182 g/mol.